The molecule has 0 radical (unpaired) electrons. The van der Waals surface area contributed by atoms with Crippen molar-refractivity contribution in [1.82, 2.24) is 4.57 Å². The Morgan fingerprint density at radius 1 is 1.00 bits per heavy atom. The third-order valence-electron chi connectivity index (χ3n) is 6.62. The topological polar surface area (TPSA) is 79.1 Å². The Hall–Kier alpha value is -3.56. The number of hydrogen-bond acceptors (Lipinski definition) is 7. The number of esters is 1. The van der Waals surface area contributed by atoms with E-state index in [0.717, 1.165) is 5.56 Å². The number of hydrogen-bond donors (Lipinski definition) is 0. The number of fused-ring (bicyclic) bond motifs is 1. The van der Waals surface area contributed by atoms with Crippen LogP contribution in [0.5, 0.6) is 11.5 Å². The fourth-order valence-electron chi connectivity index (χ4n) is 4.78. The summed E-state index contributed by atoms with van der Waals surface area (Å²) in [7, 11) is 0. The van der Waals surface area contributed by atoms with E-state index in [9.17, 15) is 9.59 Å². The summed E-state index contributed by atoms with van der Waals surface area (Å²) in [4.78, 5) is 32.3. The molecule has 1 aliphatic rings. The van der Waals surface area contributed by atoms with Crippen LogP contribution in [-0.2, 0) is 16.1 Å². The monoisotopic (exact) mass is 656 g/mol. The lowest BCUT2D eigenvalue weighted by Crippen LogP contribution is -2.39. The molecule has 5 rings (SSSR count). The predicted octanol–water partition coefficient (Wildman–Crippen LogP) is 6.74. The van der Waals surface area contributed by atoms with Gasteiger partial charge >= 0.3 is 5.97 Å². The lowest BCUT2D eigenvalue weighted by molar-refractivity contribution is -0.139. The highest BCUT2D eigenvalue weighted by Crippen LogP contribution is 2.34. The summed E-state index contributed by atoms with van der Waals surface area (Å²) in [6, 6.07) is 17.1. The minimum absolute atomic E-state index is 0.184. The Labute approximate surface area is 267 Å². The van der Waals surface area contributed by atoms with Crippen molar-refractivity contribution < 1.29 is 19.0 Å². The van der Waals surface area contributed by atoms with Crippen LogP contribution in [0.3, 0.4) is 0 Å². The molecule has 0 bridgehead atoms. The maximum absolute atomic E-state index is 14.1. The first-order valence-electron chi connectivity index (χ1n) is 13.5. The second kappa shape index (κ2) is 13.4. The Balaban J connectivity index is 1.63. The van der Waals surface area contributed by atoms with E-state index < -0.39 is 12.0 Å². The second-order valence-electron chi connectivity index (χ2n) is 9.53. The van der Waals surface area contributed by atoms with Crippen molar-refractivity contribution in [3.05, 3.63) is 123 Å². The van der Waals surface area contributed by atoms with Gasteiger partial charge in [0, 0.05) is 15.6 Å². The SMILES string of the molecule is CCOC(=O)C1=C(C)N=c2s/c(=C\c3cc(Cl)cc(Cl)c3OCc3cccc(Cl)c3)c(=O)n2[C@H]1c1ccc(OCC)cc1. The molecule has 1 atom stereocenters. The summed E-state index contributed by atoms with van der Waals surface area (Å²) in [6.45, 7) is 6.27. The van der Waals surface area contributed by atoms with Gasteiger partial charge in [-0.3, -0.25) is 9.36 Å². The van der Waals surface area contributed by atoms with E-state index >= 15 is 0 Å². The van der Waals surface area contributed by atoms with E-state index in [1.165, 1.54) is 15.9 Å². The van der Waals surface area contributed by atoms with Crippen molar-refractivity contribution in [3.8, 4) is 11.5 Å². The van der Waals surface area contributed by atoms with E-state index in [0.29, 0.717) is 64.9 Å². The van der Waals surface area contributed by atoms with Crippen molar-refractivity contribution in [2.75, 3.05) is 13.2 Å². The number of allylic oxidation sites excluding steroid dienone is 1. The zero-order valence-corrected chi connectivity index (χ0v) is 26.6. The highest BCUT2D eigenvalue weighted by atomic mass is 35.5. The zero-order valence-electron chi connectivity index (χ0n) is 23.5. The molecule has 0 fully saturated rings. The van der Waals surface area contributed by atoms with Crippen molar-refractivity contribution in [2.24, 2.45) is 4.99 Å². The summed E-state index contributed by atoms with van der Waals surface area (Å²) >= 11 is 20.2. The molecule has 3 aromatic carbocycles. The number of ether oxygens (including phenoxy) is 3. The van der Waals surface area contributed by atoms with Crippen molar-refractivity contribution in [2.45, 2.75) is 33.4 Å². The molecule has 7 nitrogen and oxygen atoms in total. The second-order valence-corrected chi connectivity index (χ2v) is 11.8. The number of benzene rings is 3. The van der Waals surface area contributed by atoms with Crippen molar-refractivity contribution >= 4 is 58.2 Å². The highest BCUT2D eigenvalue weighted by molar-refractivity contribution is 7.07. The molecule has 4 aromatic rings. The number of carbonyl (C=O) groups is 1. The van der Waals surface area contributed by atoms with Gasteiger partial charge in [0.1, 0.15) is 18.1 Å². The van der Waals surface area contributed by atoms with Crippen LogP contribution in [0, 0.1) is 0 Å². The molecule has 43 heavy (non-hydrogen) atoms. The molecule has 0 saturated carbocycles. The molecule has 0 aliphatic carbocycles. The number of aromatic nitrogens is 1. The third kappa shape index (κ3) is 6.68. The smallest absolute Gasteiger partial charge is 0.338 e. The molecule has 222 valence electrons. The van der Waals surface area contributed by atoms with E-state index in [1.54, 1.807) is 44.2 Å². The minimum Gasteiger partial charge on any atom is -0.494 e. The average Bonchev–Trinajstić information content (AvgIpc) is 3.26. The van der Waals surface area contributed by atoms with Crippen molar-refractivity contribution in [1.29, 1.82) is 0 Å². The summed E-state index contributed by atoms with van der Waals surface area (Å²) in [6.07, 6.45) is 1.67. The van der Waals surface area contributed by atoms with Crippen LogP contribution < -0.4 is 24.4 Å². The molecule has 0 unspecified atom stereocenters. The molecule has 1 aromatic heterocycles. The standard InChI is InChI=1S/C32H27Cl3N2O5S/c1-4-40-24-11-9-20(10-12-24)28-27(31(39)41-5-2)18(3)36-32-37(28)30(38)26(43-32)15-21-14-23(34)16-25(35)29(21)42-17-19-7-6-8-22(33)13-19/h6-16,28H,4-5,17H2,1-3H3/b26-15-/t28-/m0/s1. The van der Waals surface area contributed by atoms with E-state index in [4.69, 9.17) is 49.0 Å². The number of carbonyl (C=O) groups excluding carboxylic acids is 1. The highest BCUT2D eigenvalue weighted by Gasteiger charge is 2.33. The Morgan fingerprint density at radius 3 is 2.47 bits per heavy atom. The predicted molar refractivity (Wildman–Crippen MR) is 170 cm³/mol. The molecule has 11 heteroatoms. The molecule has 2 heterocycles. The normalized spacial score (nSPS) is 14.7. The minimum atomic E-state index is -0.755. The molecule has 0 spiro atoms. The first-order chi connectivity index (χ1) is 20.7. The van der Waals surface area contributed by atoms with Crippen LogP contribution in [0.15, 0.2) is 81.7 Å². The number of rotatable bonds is 9. The molecule has 0 saturated heterocycles. The maximum Gasteiger partial charge on any atom is 0.338 e. The Morgan fingerprint density at radius 2 is 1.77 bits per heavy atom. The van der Waals surface area contributed by atoms with E-state index in [-0.39, 0.29) is 18.8 Å². The van der Waals surface area contributed by atoms with Gasteiger partial charge in [-0.2, -0.15) is 0 Å². The van der Waals surface area contributed by atoms with Gasteiger partial charge in [0.25, 0.3) is 5.56 Å². The van der Waals surface area contributed by atoms with Gasteiger partial charge in [-0.05, 0) is 74.4 Å². The number of nitrogens with zero attached hydrogens (tertiary/aromatic N) is 2. The molecular formula is C32H27Cl3N2O5S. The van der Waals surface area contributed by atoms with Crippen LogP contribution in [0.1, 0.15) is 43.5 Å². The Kier molecular flexibility index (Phi) is 9.62. The van der Waals surface area contributed by atoms with Gasteiger partial charge in [0.2, 0.25) is 0 Å². The van der Waals surface area contributed by atoms with Crippen LogP contribution in [0.25, 0.3) is 6.08 Å². The average molecular weight is 658 g/mol. The quantitative estimate of drug-likeness (QED) is 0.187. The van der Waals surface area contributed by atoms with Gasteiger partial charge in [-0.1, -0.05) is 70.4 Å². The Bertz CT molecular complexity index is 1900. The summed E-state index contributed by atoms with van der Waals surface area (Å²) in [5, 5.41) is 1.26. The third-order valence-corrected chi connectivity index (χ3v) is 8.34. The summed E-state index contributed by atoms with van der Waals surface area (Å²) in [5.74, 6) is 0.513. The van der Waals surface area contributed by atoms with Crippen LogP contribution in [0.2, 0.25) is 15.1 Å². The van der Waals surface area contributed by atoms with Crippen molar-refractivity contribution in [3.63, 3.8) is 0 Å². The fraction of sp³-hybridized carbons (Fsp3) is 0.219. The molecule has 1 aliphatic heterocycles. The van der Waals surface area contributed by atoms with E-state index in [2.05, 4.69) is 4.99 Å². The van der Waals surface area contributed by atoms with Gasteiger partial charge in [-0.15, -0.1) is 0 Å². The van der Waals surface area contributed by atoms with Gasteiger partial charge in [-0.25, -0.2) is 9.79 Å². The molecule has 0 N–H and O–H groups in total. The van der Waals surface area contributed by atoms with Crippen LogP contribution in [0.4, 0.5) is 0 Å². The number of halogens is 3. The molecular weight excluding hydrogens is 631 g/mol. The van der Waals surface area contributed by atoms with Gasteiger partial charge < -0.3 is 14.2 Å². The van der Waals surface area contributed by atoms with Gasteiger partial charge in [0.15, 0.2) is 4.80 Å². The summed E-state index contributed by atoms with van der Waals surface area (Å²) in [5.41, 5.74) is 2.51. The fourth-order valence-corrected chi connectivity index (χ4v) is 6.60. The largest absolute Gasteiger partial charge is 0.494 e. The first kappa shape index (κ1) is 30.9. The number of thiazole rings is 1. The van der Waals surface area contributed by atoms with Crippen LogP contribution >= 0.6 is 46.1 Å². The summed E-state index contributed by atoms with van der Waals surface area (Å²) < 4.78 is 19.0. The van der Waals surface area contributed by atoms with E-state index in [1.807, 2.05) is 43.3 Å². The molecule has 0 amide bonds. The van der Waals surface area contributed by atoms with Crippen LogP contribution in [-0.4, -0.2) is 23.8 Å². The lowest BCUT2D eigenvalue weighted by atomic mass is 9.96. The van der Waals surface area contributed by atoms with Gasteiger partial charge in [0.05, 0.1) is 40.1 Å². The maximum atomic E-state index is 14.1. The first-order valence-corrected chi connectivity index (χ1v) is 15.4. The zero-order chi connectivity index (χ0) is 30.7. The lowest BCUT2D eigenvalue weighted by Gasteiger charge is -2.24.